The second-order valence-corrected chi connectivity index (χ2v) is 5.36. The number of aromatic hydroxyl groups is 1. The van der Waals surface area contributed by atoms with Gasteiger partial charge in [-0.2, -0.15) is 0 Å². The summed E-state index contributed by atoms with van der Waals surface area (Å²) in [7, 11) is 0. The van der Waals surface area contributed by atoms with Gasteiger partial charge in [-0.25, -0.2) is 4.79 Å². The molecule has 1 unspecified atom stereocenters. The number of amides is 2. The van der Waals surface area contributed by atoms with Crippen LogP contribution in [-0.2, 0) is 0 Å². The number of carbonyl (C=O) groups is 1. The molecule has 0 saturated heterocycles. The molecule has 6 nitrogen and oxygen atoms in total. The first kappa shape index (κ1) is 15.1. The molecule has 106 valence electrons. The Kier molecular flexibility index (Phi) is 4.26. The maximum atomic E-state index is 10.9. The van der Waals surface area contributed by atoms with Crippen LogP contribution < -0.4 is 16.0 Å². The molecule has 1 aromatic rings. The first-order chi connectivity index (χ1) is 8.62. The number of aliphatic hydroxyl groups is 1. The van der Waals surface area contributed by atoms with Crippen LogP contribution in [0.4, 0.5) is 16.2 Å². The summed E-state index contributed by atoms with van der Waals surface area (Å²) in [6.45, 7) is 7.51. The Hall–Kier alpha value is -1.95. The van der Waals surface area contributed by atoms with E-state index in [2.05, 4.69) is 5.32 Å². The van der Waals surface area contributed by atoms with Crippen molar-refractivity contribution in [1.29, 1.82) is 0 Å². The van der Waals surface area contributed by atoms with Crippen LogP contribution in [0.2, 0.25) is 0 Å². The molecule has 1 rings (SSSR count). The maximum absolute atomic E-state index is 10.9. The Labute approximate surface area is 112 Å². The average Bonchev–Trinajstić information content (AvgIpc) is 2.19. The van der Waals surface area contributed by atoms with E-state index in [4.69, 9.17) is 5.73 Å². The fourth-order valence-corrected chi connectivity index (χ4v) is 2.07. The van der Waals surface area contributed by atoms with Gasteiger partial charge in [-0.05, 0) is 45.9 Å². The number of benzene rings is 1. The standard InChI is InChI=1S/C13H21N3O3/c1-8(17)16(13(2,3)4)9-5-6-11(18)10(7-9)15-12(14)19/h5-8,17-18H,1-4H3,(H3,14,15,19). The molecule has 5 N–H and O–H groups in total. The van der Waals surface area contributed by atoms with E-state index in [-0.39, 0.29) is 17.0 Å². The molecule has 2 amide bonds. The molecule has 0 fully saturated rings. The van der Waals surface area contributed by atoms with Crippen molar-refractivity contribution in [2.24, 2.45) is 5.73 Å². The number of hydrogen-bond acceptors (Lipinski definition) is 4. The maximum Gasteiger partial charge on any atom is 0.316 e. The van der Waals surface area contributed by atoms with Crippen molar-refractivity contribution in [3.63, 3.8) is 0 Å². The Balaban J connectivity index is 3.22. The van der Waals surface area contributed by atoms with Crippen molar-refractivity contribution in [2.75, 3.05) is 10.2 Å². The zero-order valence-electron chi connectivity index (χ0n) is 11.6. The summed E-state index contributed by atoms with van der Waals surface area (Å²) < 4.78 is 0. The number of carbonyl (C=O) groups excluding carboxylic acids is 1. The normalized spacial score (nSPS) is 12.9. The van der Waals surface area contributed by atoms with Gasteiger partial charge in [0, 0.05) is 11.2 Å². The van der Waals surface area contributed by atoms with E-state index < -0.39 is 12.3 Å². The SMILES string of the molecule is CC(O)N(c1ccc(O)c(NC(N)=O)c1)C(C)(C)C. The number of anilines is 2. The largest absolute Gasteiger partial charge is 0.506 e. The lowest BCUT2D eigenvalue weighted by Crippen LogP contribution is -2.47. The summed E-state index contributed by atoms with van der Waals surface area (Å²) in [6.07, 6.45) is -0.717. The second kappa shape index (κ2) is 5.36. The van der Waals surface area contributed by atoms with Crippen molar-refractivity contribution in [1.82, 2.24) is 0 Å². The lowest BCUT2D eigenvalue weighted by Gasteiger charge is -2.40. The predicted octanol–water partition coefficient (Wildman–Crippen LogP) is 1.83. The van der Waals surface area contributed by atoms with Crippen LogP contribution in [0.25, 0.3) is 0 Å². The Morgan fingerprint density at radius 2 is 2.00 bits per heavy atom. The van der Waals surface area contributed by atoms with E-state index in [9.17, 15) is 15.0 Å². The van der Waals surface area contributed by atoms with E-state index >= 15 is 0 Å². The van der Waals surface area contributed by atoms with Crippen molar-refractivity contribution < 1.29 is 15.0 Å². The molecule has 6 heteroatoms. The van der Waals surface area contributed by atoms with Gasteiger partial charge >= 0.3 is 6.03 Å². The molecule has 0 spiro atoms. The Morgan fingerprint density at radius 3 is 2.42 bits per heavy atom. The number of aliphatic hydroxyl groups excluding tert-OH is 1. The summed E-state index contributed by atoms with van der Waals surface area (Å²) in [5, 5.41) is 21.9. The third-order valence-electron chi connectivity index (χ3n) is 2.61. The van der Waals surface area contributed by atoms with Gasteiger partial charge in [0.2, 0.25) is 0 Å². The molecule has 0 bridgehead atoms. The highest BCUT2D eigenvalue weighted by Crippen LogP contribution is 2.32. The third kappa shape index (κ3) is 3.75. The zero-order chi connectivity index (χ0) is 14.8. The minimum atomic E-state index is -0.758. The molecule has 0 aliphatic rings. The first-order valence-corrected chi connectivity index (χ1v) is 6.00. The van der Waals surface area contributed by atoms with Gasteiger partial charge in [-0.1, -0.05) is 0 Å². The molecule has 0 aliphatic carbocycles. The molecule has 1 atom stereocenters. The second-order valence-electron chi connectivity index (χ2n) is 5.36. The highest BCUT2D eigenvalue weighted by atomic mass is 16.3. The minimum Gasteiger partial charge on any atom is -0.506 e. The number of nitrogens with zero attached hydrogens (tertiary/aromatic N) is 1. The molecular weight excluding hydrogens is 246 g/mol. The smallest absolute Gasteiger partial charge is 0.316 e. The number of hydrogen-bond donors (Lipinski definition) is 4. The molecule has 0 heterocycles. The molecular formula is C13H21N3O3. The molecule has 0 radical (unpaired) electrons. The van der Waals surface area contributed by atoms with Crippen molar-refractivity contribution >= 4 is 17.4 Å². The van der Waals surface area contributed by atoms with Crippen LogP contribution in [0.1, 0.15) is 27.7 Å². The van der Waals surface area contributed by atoms with E-state index in [0.29, 0.717) is 5.69 Å². The van der Waals surface area contributed by atoms with E-state index in [1.54, 1.807) is 24.0 Å². The Bertz CT molecular complexity index is 467. The van der Waals surface area contributed by atoms with Gasteiger partial charge in [-0.3, -0.25) is 0 Å². The van der Waals surface area contributed by atoms with E-state index in [0.717, 1.165) is 0 Å². The molecule has 1 aromatic carbocycles. The minimum absolute atomic E-state index is 0.0815. The number of nitrogens with one attached hydrogen (secondary N) is 1. The summed E-state index contributed by atoms with van der Waals surface area (Å²) >= 11 is 0. The van der Waals surface area contributed by atoms with Crippen LogP contribution in [0.15, 0.2) is 18.2 Å². The molecule has 0 saturated carbocycles. The monoisotopic (exact) mass is 267 g/mol. The van der Waals surface area contributed by atoms with Gasteiger partial charge in [0.1, 0.15) is 12.0 Å². The average molecular weight is 267 g/mol. The zero-order valence-corrected chi connectivity index (χ0v) is 11.6. The van der Waals surface area contributed by atoms with E-state index in [1.165, 1.54) is 6.07 Å². The molecule has 19 heavy (non-hydrogen) atoms. The molecule has 0 aromatic heterocycles. The lowest BCUT2D eigenvalue weighted by atomic mass is 10.0. The van der Waals surface area contributed by atoms with Gasteiger partial charge in [-0.15, -0.1) is 0 Å². The highest BCUT2D eigenvalue weighted by molar-refractivity contribution is 5.90. The fraction of sp³-hybridized carbons (Fsp3) is 0.462. The number of nitrogens with two attached hydrogens (primary N) is 1. The first-order valence-electron chi connectivity index (χ1n) is 6.00. The van der Waals surface area contributed by atoms with Crippen LogP contribution in [0.5, 0.6) is 5.75 Å². The van der Waals surface area contributed by atoms with Crippen molar-refractivity contribution in [3.8, 4) is 5.75 Å². The van der Waals surface area contributed by atoms with Crippen LogP contribution in [-0.4, -0.2) is 28.0 Å². The van der Waals surface area contributed by atoms with Crippen LogP contribution in [0, 0.1) is 0 Å². The van der Waals surface area contributed by atoms with E-state index in [1.807, 2.05) is 20.8 Å². The van der Waals surface area contributed by atoms with Gasteiger partial charge in [0.15, 0.2) is 0 Å². The summed E-state index contributed by atoms with van der Waals surface area (Å²) in [5.74, 6) is -0.0815. The summed E-state index contributed by atoms with van der Waals surface area (Å²) in [5.41, 5.74) is 5.60. The number of phenols is 1. The quantitative estimate of drug-likeness (QED) is 0.496. The predicted molar refractivity (Wildman–Crippen MR) is 75.2 cm³/mol. The van der Waals surface area contributed by atoms with Gasteiger partial charge < -0.3 is 26.2 Å². The Morgan fingerprint density at radius 1 is 1.42 bits per heavy atom. The topological polar surface area (TPSA) is 98.8 Å². The summed E-state index contributed by atoms with van der Waals surface area (Å²) in [4.78, 5) is 12.6. The number of rotatable bonds is 3. The summed E-state index contributed by atoms with van der Waals surface area (Å²) in [6, 6.07) is 3.92. The van der Waals surface area contributed by atoms with Gasteiger partial charge in [0.05, 0.1) is 5.69 Å². The molecule has 0 aliphatic heterocycles. The number of primary amides is 1. The number of urea groups is 1. The fourth-order valence-electron chi connectivity index (χ4n) is 2.07. The highest BCUT2D eigenvalue weighted by Gasteiger charge is 2.26. The van der Waals surface area contributed by atoms with Crippen LogP contribution in [0.3, 0.4) is 0 Å². The lowest BCUT2D eigenvalue weighted by molar-refractivity contribution is 0.164. The van der Waals surface area contributed by atoms with Crippen LogP contribution >= 0.6 is 0 Å². The van der Waals surface area contributed by atoms with Crippen molar-refractivity contribution in [3.05, 3.63) is 18.2 Å². The number of phenolic OH excluding ortho intramolecular Hbond substituents is 1. The van der Waals surface area contributed by atoms with Crippen molar-refractivity contribution in [2.45, 2.75) is 39.5 Å². The van der Waals surface area contributed by atoms with Gasteiger partial charge in [0.25, 0.3) is 0 Å². The third-order valence-corrected chi connectivity index (χ3v) is 2.61.